The second kappa shape index (κ2) is 6.29. The first-order valence-electron chi connectivity index (χ1n) is 7.92. The smallest absolute Gasteiger partial charge is 0.410 e. The van der Waals surface area contributed by atoms with E-state index in [-0.39, 0.29) is 18.1 Å². The number of aliphatic hydroxyl groups is 1. The number of hydrogen-bond donors (Lipinski definition) is 1. The van der Waals surface area contributed by atoms with Crippen molar-refractivity contribution in [1.82, 2.24) is 4.90 Å². The maximum Gasteiger partial charge on any atom is 0.410 e. The van der Waals surface area contributed by atoms with E-state index in [1.807, 2.05) is 20.8 Å². The highest BCUT2D eigenvalue weighted by Gasteiger charge is 2.37. The Labute approximate surface area is 133 Å². The van der Waals surface area contributed by atoms with Crippen molar-refractivity contribution in [3.63, 3.8) is 0 Å². The maximum absolute atomic E-state index is 12.1. The van der Waals surface area contributed by atoms with E-state index < -0.39 is 5.60 Å². The number of ether oxygens (including phenoxy) is 1. The summed E-state index contributed by atoms with van der Waals surface area (Å²) in [6.45, 7) is 9.02. The van der Waals surface area contributed by atoms with Crippen LogP contribution < -0.4 is 0 Å². The highest BCUT2D eigenvalue weighted by atomic mass is 16.6. The molecule has 2 rings (SSSR count). The van der Waals surface area contributed by atoms with Gasteiger partial charge in [0, 0.05) is 18.5 Å². The normalized spacial score (nSPS) is 18.1. The Morgan fingerprint density at radius 3 is 2.23 bits per heavy atom. The predicted octanol–water partition coefficient (Wildman–Crippen LogP) is 3.26. The molecule has 0 radical (unpaired) electrons. The monoisotopic (exact) mass is 305 g/mol. The zero-order valence-corrected chi connectivity index (χ0v) is 14.1. The van der Waals surface area contributed by atoms with Crippen LogP contribution in [-0.4, -0.2) is 41.4 Å². The molecule has 0 aliphatic carbocycles. The van der Waals surface area contributed by atoms with Gasteiger partial charge in [-0.2, -0.15) is 0 Å². The lowest BCUT2D eigenvalue weighted by Crippen LogP contribution is -2.48. The molecular weight excluding hydrogens is 278 g/mol. The Bertz CT molecular complexity index is 508. The fourth-order valence-corrected chi connectivity index (χ4v) is 2.89. The first kappa shape index (κ1) is 16.8. The molecule has 1 aliphatic heterocycles. The molecule has 122 valence electrons. The van der Waals surface area contributed by atoms with Gasteiger partial charge in [-0.25, -0.2) is 4.79 Å². The van der Waals surface area contributed by atoms with E-state index >= 15 is 0 Å². The summed E-state index contributed by atoms with van der Waals surface area (Å²) in [5.74, 6) is 0. The van der Waals surface area contributed by atoms with Crippen LogP contribution in [0.4, 0.5) is 4.79 Å². The number of carbonyl (C=O) groups excluding carboxylic acids is 1. The van der Waals surface area contributed by atoms with E-state index in [0.717, 1.165) is 18.4 Å². The van der Waals surface area contributed by atoms with Crippen molar-refractivity contribution in [2.75, 3.05) is 19.7 Å². The Morgan fingerprint density at radius 2 is 1.77 bits per heavy atom. The van der Waals surface area contributed by atoms with Gasteiger partial charge >= 0.3 is 6.09 Å². The second-order valence-electron chi connectivity index (χ2n) is 7.27. The van der Waals surface area contributed by atoms with E-state index in [0.29, 0.717) is 13.1 Å². The van der Waals surface area contributed by atoms with Crippen LogP contribution in [0.1, 0.15) is 44.7 Å². The molecule has 0 unspecified atom stereocenters. The number of benzene rings is 1. The van der Waals surface area contributed by atoms with Gasteiger partial charge in [-0.05, 0) is 46.1 Å². The van der Waals surface area contributed by atoms with Crippen molar-refractivity contribution in [2.24, 2.45) is 0 Å². The minimum Gasteiger partial charge on any atom is -0.444 e. The van der Waals surface area contributed by atoms with Crippen molar-refractivity contribution in [3.8, 4) is 0 Å². The molecule has 0 bridgehead atoms. The highest BCUT2D eigenvalue weighted by Crippen LogP contribution is 2.35. The number of rotatable bonds is 2. The van der Waals surface area contributed by atoms with Crippen LogP contribution in [0.5, 0.6) is 0 Å². The Balaban J connectivity index is 2.05. The largest absolute Gasteiger partial charge is 0.444 e. The summed E-state index contributed by atoms with van der Waals surface area (Å²) in [5, 5.41) is 9.94. The van der Waals surface area contributed by atoms with Gasteiger partial charge in [-0.1, -0.05) is 29.8 Å². The summed E-state index contributed by atoms with van der Waals surface area (Å²) >= 11 is 0. The van der Waals surface area contributed by atoms with E-state index in [9.17, 15) is 9.90 Å². The number of aliphatic hydroxyl groups excluding tert-OH is 1. The quantitative estimate of drug-likeness (QED) is 0.912. The van der Waals surface area contributed by atoms with Crippen molar-refractivity contribution in [2.45, 2.75) is 51.6 Å². The molecule has 1 aliphatic rings. The molecule has 0 spiro atoms. The molecule has 1 amide bonds. The highest BCUT2D eigenvalue weighted by molar-refractivity contribution is 5.68. The zero-order chi connectivity index (χ0) is 16.4. The van der Waals surface area contributed by atoms with Gasteiger partial charge in [0.2, 0.25) is 0 Å². The molecule has 0 atom stereocenters. The molecule has 1 fully saturated rings. The average molecular weight is 305 g/mol. The lowest BCUT2D eigenvalue weighted by molar-refractivity contribution is 0.0123. The summed E-state index contributed by atoms with van der Waals surface area (Å²) < 4.78 is 5.42. The third kappa shape index (κ3) is 3.80. The first-order chi connectivity index (χ1) is 10.3. The zero-order valence-electron chi connectivity index (χ0n) is 14.1. The molecular formula is C18H27NO3. The third-order valence-corrected chi connectivity index (χ3v) is 4.34. The molecule has 0 saturated carbocycles. The number of aryl methyl sites for hydroxylation is 1. The van der Waals surface area contributed by atoms with E-state index in [4.69, 9.17) is 4.74 Å². The Kier molecular flexibility index (Phi) is 4.81. The van der Waals surface area contributed by atoms with Crippen LogP contribution in [0.15, 0.2) is 24.3 Å². The molecule has 4 nitrogen and oxygen atoms in total. The number of likely N-dealkylation sites (tertiary alicyclic amines) is 1. The number of nitrogens with zero attached hydrogens (tertiary/aromatic N) is 1. The number of carbonyl (C=O) groups is 1. The van der Waals surface area contributed by atoms with Gasteiger partial charge in [-0.15, -0.1) is 0 Å². The molecule has 1 saturated heterocycles. The van der Waals surface area contributed by atoms with Crippen molar-refractivity contribution in [1.29, 1.82) is 0 Å². The van der Waals surface area contributed by atoms with Crippen LogP contribution in [-0.2, 0) is 10.2 Å². The van der Waals surface area contributed by atoms with Crippen LogP contribution in [0.2, 0.25) is 0 Å². The summed E-state index contributed by atoms with van der Waals surface area (Å²) in [4.78, 5) is 13.9. The second-order valence-corrected chi connectivity index (χ2v) is 7.27. The van der Waals surface area contributed by atoms with Gasteiger partial charge in [-0.3, -0.25) is 0 Å². The Hall–Kier alpha value is -1.55. The topological polar surface area (TPSA) is 49.8 Å². The van der Waals surface area contributed by atoms with Gasteiger partial charge < -0.3 is 14.7 Å². The number of amides is 1. The van der Waals surface area contributed by atoms with Crippen molar-refractivity contribution >= 4 is 6.09 Å². The first-order valence-corrected chi connectivity index (χ1v) is 7.92. The summed E-state index contributed by atoms with van der Waals surface area (Å²) in [7, 11) is 0. The van der Waals surface area contributed by atoms with Gasteiger partial charge in [0.05, 0.1) is 6.61 Å². The average Bonchev–Trinajstić information content (AvgIpc) is 2.46. The summed E-state index contributed by atoms with van der Waals surface area (Å²) in [6, 6.07) is 8.34. The minimum absolute atomic E-state index is 0.109. The molecule has 22 heavy (non-hydrogen) atoms. The number of hydrogen-bond acceptors (Lipinski definition) is 3. The van der Waals surface area contributed by atoms with Crippen LogP contribution >= 0.6 is 0 Å². The molecule has 1 N–H and O–H groups in total. The van der Waals surface area contributed by atoms with Crippen LogP contribution in [0.3, 0.4) is 0 Å². The molecule has 4 heteroatoms. The minimum atomic E-state index is -0.473. The lowest BCUT2D eigenvalue weighted by atomic mass is 9.73. The fourth-order valence-electron chi connectivity index (χ4n) is 2.89. The van der Waals surface area contributed by atoms with Crippen molar-refractivity contribution < 1.29 is 14.6 Å². The van der Waals surface area contributed by atoms with Crippen LogP contribution in [0, 0.1) is 6.92 Å². The third-order valence-electron chi connectivity index (χ3n) is 4.34. The van der Waals surface area contributed by atoms with Gasteiger partial charge in [0.25, 0.3) is 0 Å². The molecule has 1 heterocycles. The van der Waals surface area contributed by atoms with Crippen molar-refractivity contribution in [3.05, 3.63) is 35.4 Å². The molecule has 0 aromatic heterocycles. The van der Waals surface area contributed by atoms with Gasteiger partial charge in [0.1, 0.15) is 5.60 Å². The summed E-state index contributed by atoms with van der Waals surface area (Å²) in [6.07, 6.45) is 1.25. The maximum atomic E-state index is 12.1. The SMILES string of the molecule is Cc1ccc(C2(CO)CCN(C(=O)OC(C)(C)C)CC2)cc1. The number of piperidine rings is 1. The summed E-state index contributed by atoms with van der Waals surface area (Å²) in [5.41, 5.74) is 1.65. The lowest BCUT2D eigenvalue weighted by Gasteiger charge is -2.41. The van der Waals surface area contributed by atoms with E-state index in [1.54, 1.807) is 4.90 Å². The van der Waals surface area contributed by atoms with E-state index in [2.05, 4.69) is 31.2 Å². The standard InChI is InChI=1S/C18H27NO3/c1-14-5-7-15(8-6-14)18(13-20)9-11-19(12-10-18)16(21)22-17(2,3)4/h5-8,20H,9-13H2,1-4H3. The van der Waals surface area contributed by atoms with E-state index in [1.165, 1.54) is 5.56 Å². The van der Waals surface area contributed by atoms with Gasteiger partial charge in [0.15, 0.2) is 0 Å². The molecule has 1 aromatic carbocycles. The molecule has 1 aromatic rings. The predicted molar refractivity (Wildman–Crippen MR) is 87.0 cm³/mol. The Morgan fingerprint density at radius 1 is 1.23 bits per heavy atom. The van der Waals surface area contributed by atoms with Crippen LogP contribution in [0.25, 0.3) is 0 Å². The fraction of sp³-hybridized carbons (Fsp3) is 0.611.